The molecule has 6 nitrogen and oxygen atoms in total. The Bertz CT molecular complexity index is 1330. The Morgan fingerprint density at radius 1 is 0.939 bits per heavy atom. The predicted octanol–water partition coefficient (Wildman–Crippen LogP) is 2.84. The number of carbonyl (C=O) groups excluding carboxylic acids is 1. The Morgan fingerprint density at radius 2 is 1.52 bits per heavy atom. The zero-order valence-electron chi connectivity index (χ0n) is 17.8. The molecule has 2 aliphatic carbocycles. The SMILES string of the molecule is CN1CN(C23c4ccccc4CC2(C(F)F)Cc2ccccc23)n2ccc(=O)c(O)c2C1=O. The van der Waals surface area contributed by atoms with Crippen LogP contribution >= 0.6 is 0 Å². The number of amides is 1. The summed E-state index contributed by atoms with van der Waals surface area (Å²) in [5.74, 6) is -1.23. The van der Waals surface area contributed by atoms with Crippen LogP contribution in [0.3, 0.4) is 0 Å². The highest BCUT2D eigenvalue weighted by Gasteiger charge is 2.70. The molecule has 1 aliphatic heterocycles. The fraction of sp³-hybridized carbons (Fsp3) is 0.280. The van der Waals surface area contributed by atoms with Gasteiger partial charge in [0.05, 0.1) is 5.41 Å². The van der Waals surface area contributed by atoms with E-state index in [-0.39, 0.29) is 25.2 Å². The van der Waals surface area contributed by atoms with E-state index < -0.39 is 34.5 Å². The van der Waals surface area contributed by atoms with Crippen LogP contribution in [0.15, 0.2) is 65.6 Å². The molecule has 6 rings (SSSR count). The molecule has 0 saturated carbocycles. The fourth-order valence-corrected chi connectivity index (χ4v) is 6.28. The molecule has 0 saturated heterocycles. The Labute approximate surface area is 188 Å². The number of fused-ring (bicyclic) bond motifs is 6. The van der Waals surface area contributed by atoms with Gasteiger partial charge in [0.25, 0.3) is 5.91 Å². The van der Waals surface area contributed by atoms with Crippen molar-refractivity contribution in [2.75, 3.05) is 18.7 Å². The number of hydrogen-bond donors (Lipinski definition) is 1. The molecular weight excluding hydrogens is 428 g/mol. The number of alkyl halides is 2. The number of hydrogen-bond acceptors (Lipinski definition) is 4. The molecule has 2 heterocycles. The van der Waals surface area contributed by atoms with Crippen molar-refractivity contribution in [1.82, 2.24) is 9.58 Å². The number of rotatable bonds is 2. The Morgan fingerprint density at radius 3 is 2.09 bits per heavy atom. The predicted molar refractivity (Wildman–Crippen MR) is 117 cm³/mol. The van der Waals surface area contributed by atoms with Crippen molar-refractivity contribution in [2.45, 2.75) is 24.8 Å². The van der Waals surface area contributed by atoms with Crippen LogP contribution < -0.4 is 10.4 Å². The first-order chi connectivity index (χ1) is 15.8. The first-order valence-corrected chi connectivity index (χ1v) is 10.8. The van der Waals surface area contributed by atoms with Gasteiger partial charge in [-0.25, -0.2) is 8.78 Å². The maximum Gasteiger partial charge on any atom is 0.277 e. The van der Waals surface area contributed by atoms with Gasteiger partial charge >= 0.3 is 0 Å². The summed E-state index contributed by atoms with van der Waals surface area (Å²) >= 11 is 0. The standard InChI is InChI=1S/C25H21F2N3O3/c1-28-14-30(29-11-10-19(31)21(32)20(29)22(28)33)25-17-8-4-2-6-15(17)12-24(25,23(26)27)13-16-7-3-5-9-18(16)25/h2-11,23,32H,12-14H2,1H3. The van der Waals surface area contributed by atoms with Crippen LogP contribution in [0.2, 0.25) is 0 Å². The van der Waals surface area contributed by atoms with Gasteiger partial charge in [0.15, 0.2) is 11.4 Å². The molecule has 1 amide bonds. The molecular formula is C25H21F2N3O3. The topological polar surface area (TPSA) is 65.8 Å². The molecule has 0 fully saturated rings. The monoisotopic (exact) mass is 449 g/mol. The lowest BCUT2D eigenvalue weighted by Gasteiger charge is -2.53. The van der Waals surface area contributed by atoms with Crippen LogP contribution in [0.25, 0.3) is 0 Å². The summed E-state index contributed by atoms with van der Waals surface area (Å²) < 4.78 is 32.0. The van der Waals surface area contributed by atoms with Crippen molar-refractivity contribution in [3.05, 3.63) is 99.0 Å². The Hall–Kier alpha value is -3.68. The number of halogens is 2. The quantitative estimate of drug-likeness (QED) is 0.654. The van der Waals surface area contributed by atoms with Crippen molar-refractivity contribution in [2.24, 2.45) is 5.41 Å². The molecule has 168 valence electrons. The van der Waals surface area contributed by atoms with Gasteiger partial charge in [-0.15, -0.1) is 0 Å². The average molecular weight is 449 g/mol. The van der Waals surface area contributed by atoms with Gasteiger partial charge in [-0.3, -0.25) is 19.3 Å². The van der Waals surface area contributed by atoms with Crippen molar-refractivity contribution in [3.63, 3.8) is 0 Å². The minimum atomic E-state index is -2.67. The zero-order chi connectivity index (χ0) is 23.1. The zero-order valence-corrected chi connectivity index (χ0v) is 17.8. The second-order valence-electron chi connectivity index (χ2n) is 9.10. The van der Waals surface area contributed by atoms with Crippen LogP contribution in [-0.2, 0) is 18.4 Å². The summed E-state index contributed by atoms with van der Waals surface area (Å²) in [6.07, 6.45) is -0.928. The van der Waals surface area contributed by atoms with Gasteiger partial charge in [0.1, 0.15) is 12.2 Å². The van der Waals surface area contributed by atoms with Crippen LogP contribution in [0.5, 0.6) is 5.75 Å². The maximum absolute atomic E-state index is 15.3. The second-order valence-corrected chi connectivity index (χ2v) is 9.10. The summed E-state index contributed by atoms with van der Waals surface area (Å²) in [4.78, 5) is 26.5. The normalized spacial score (nSPS) is 25.2. The van der Waals surface area contributed by atoms with E-state index in [9.17, 15) is 14.7 Å². The lowest BCUT2D eigenvalue weighted by molar-refractivity contribution is -0.0433. The van der Waals surface area contributed by atoms with Crippen LogP contribution in [0, 0.1) is 5.41 Å². The third-order valence-electron chi connectivity index (χ3n) is 7.56. The molecule has 0 spiro atoms. The van der Waals surface area contributed by atoms with E-state index in [1.807, 2.05) is 48.5 Å². The summed E-state index contributed by atoms with van der Waals surface area (Å²) in [5, 5.41) is 12.3. The molecule has 1 aromatic heterocycles. The average Bonchev–Trinajstić information content (AvgIpc) is 3.26. The summed E-state index contributed by atoms with van der Waals surface area (Å²) in [7, 11) is 1.54. The Kier molecular flexibility index (Phi) is 3.89. The second kappa shape index (κ2) is 6.43. The molecule has 8 heteroatoms. The number of carbonyl (C=O) groups is 1. The Balaban J connectivity index is 1.76. The molecule has 3 aromatic rings. The van der Waals surface area contributed by atoms with Crippen LogP contribution in [0.4, 0.5) is 8.78 Å². The van der Waals surface area contributed by atoms with E-state index in [1.54, 1.807) is 5.01 Å². The van der Waals surface area contributed by atoms with Gasteiger partial charge in [-0.1, -0.05) is 48.5 Å². The van der Waals surface area contributed by atoms with Gasteiger partial charge in [0.2, 0.25) is 11.9 Å². The molecule has 0 unspecified atom stereocenters. The smallest absolute Gasteiger partial charge is 0.277 e. The van der Waals surface area contributed by atoms with Crippen molar-refractivity contribution in [1.29, 1.82) is 0 Å². The van der Waals surface area contributed by atoms with Crippen molar-refractivity contribution < 1.29 is 18.7 Å². The minimum Gasteiger partial charge on any atom is -0.502 e. The first kappa shape index (κ1) is 20.0. The summed E-state index contributed by atoms with van der Waals surface area (Å²) in [6, 6.07) is 16.0. The maximum atomic E-state index is 15.3. The van der Waals surface area contributed by atoms with Gasteiger partial charge in [0, 0.05) is 19.3 Å². The van der Waals surface area contributed by atoms with E-state index in [0.717, 1.165) is 28.3 Å². The third kappa shape index (κ3) is 2.21. The lowest BCUT2D eigenvalue weighted by atomic mass is 9.70. The van der Waals surface area contributed by atoms with Crippen LogP contribution in [-0.4, -0.2) is 40.7 Å². The number of nitrogens with zero attached hydrogens (tertiary/aromatic N) is 3. The number of aromatic hydroxyl groups is 1. The highest BCUT2D eigenvalue weighted by atomic mass is 19.3. The van der Waals surface area contributed by atoms with Gasteiger partial charge in [-0.2, -0.15) is 0 Å². The number of benzene rings is 2. The van der Waals surface area contributed by atoms with E-state index >= 15 is 8.78 Å². The molecule has 3 aliphatic rings. The van der Waals surface area contributed by atoms with Gasteiger partial charge < -0.3 is 10.0 Å². The largest absolute Gasteiger partial charge is 0.502 e. The van der Waals surface area contributed by atoms with E-state index in [2.05, 4.69) is 0 Å². The molecule has 0 atom stereocenters. The molecule has 1 N–H and O–H groups in total. The van der Waals surface area contributed by atoms with E-state index in [1.165, 1.54) is 22.8 Å². The van der Waals surface area contributed by atoms with Crippen molar-refractivity contribution >= 4 is 5.91 Å². The lowest BCUT2D eigenvalue weighted by Crippen LogP contribution is -2.66. The highest BCUT2D eigenvalue weighted by Crippen LogP contribution is 2.65. The summed E-state index contributed by atoms with van der Waals surface area (Å²) in [6.45, 7) is 0.00524. The number of pyridine rings is 1. The minimum absolute atomic E-state index is 0.00524. The van der Waals surface area contributed by atoms with E-state index in [0.29, 0.717) is 0 Å². The molecule has 2 aromatic carbocycles. The third-order valence-corrected chi connectivity index (χ3v) is 7.56. The van der Waals surface area contributed by atoms with Crippen LogP contribution in [0.1, 0.15) is 32.7 Å². The van der Waals surface area contributed by atoms with E-state index in [4.69, 9.17) is 0 Å². The molecule has 0 radical (unpaired) electrons. The van der Waals surface area contributed by atoms with Crippen molar-refractivity contribution in [3.8, 4) is 5.75 Å². The first-order valence-electron chi connectivity index (χ1n) is 10.8. The number of aromatic nitrogens is 1. The fourth-order valence-electron chi connectivity index (χ4n) is 6.28. The molecule has 33 heavy (non-hydrogen) atoms. The molecule has 0 bridgehead atoms. The highest BCUT2D eigenvalue weighted by molar-refractivity contribution is 5.96. The summed E-state index contributed by atoms with van der Waals surface area (Å²) in [5.41, 5.74) is -0.540. The van der Waals surface area contributed by atoms with Gasteiger partial charge in [-0.05, 0) is 35.1 Å².